The zero-order chi connectivity index (χ0) is 15.8. The van der Waals surface area contributed by atoms with Crippen molar-refractivity contribution in [1.29, 1.82) is 0 Å². The first-order chi connectivity index (χ1) is 10.7. The Labute approximate surface area is 131 Å². The first-order valence-electron chi connectivity index (χ1n) is 7.88. The summed E-state index contributed by atoms with van der Waals surface area (Å²) in [5.41, 5.74) is 0.982. The van der Waals surface area contributed by atoms with E-state index in [1.54, 1.807) is 0 Å². The largest absolute Gasteiger partial charge is 0.467 e. The summed E-state index contributed by atoms with van der Waals surface area (Å²) in [6, 6.07) is 8.84. The van der Waals surface area contributed by atoms with Crippen molar-refractivity contribution in [1.82, 2.24) is 10.6 Å². The topological polar surface area (TPSA) is 67.4 Å². The van der Waals surface area contributed by atoms with Crippen LogP contribution in [0, 0.1) is 0 Å². The van der Waals surface area contributed by atoms with Gasteiger partial charge in [-0.3, -0.25) is 0 Å². The lowest BCUT2D eigenvalue weighted by Gasteiger charge is -2.24. The smallest absolute Gasteiger partial charge is 0.328 e. The van der Waals surface area contributed by atoms with Gasteiger partial charge in [0, 0.05) is 12.5 Å². The van der Waals surface area contributed by atoms with Crippen LogP contribution in [0.4, 0.5) is 4.79 Å². The molecule has 0 bridgehead atoms. The molecule has 0 aromatic heterocycles. The number of urea groups is 1. The lowest BCUT2D eigenvalue weighted by Crippen LogP contribution is -2.50. The quantitative estimate of drug-likeness (QED) is 0.821. The molecular formula is C17H24N2O3. The van der Waals surface area contributed by atoms with Crippen LogP contribution in [0.5, 0.6) is 0 Å². The summed E-state index contributed by atoms with van der Waals surface area (Å²) in [7, 11) is 1.33. The van der Waals surface area contributed by atoms with Crippen molar-refractivity contribution in [2.45, 2.75) is 50.6 Å². The second kappa shape index (κ2) is 8.41. The molecule has 0 heterocycles. The molecule has 22 heavy (non-hydrogen) atoms. The van der Waals surface area contributed by atoms with Gasteiger partial charge < -0.3 is 15.4 Å². The Morgan fingerprint density at radius 1 is 1.18 bits per heavy atom. The van der Waals surface area contributed by atoms with Crippen molar-refractivity contribution < 1.29 is 14.3 Å². The van der Waals surface area contributed by atoms with E-state index in [2.05, 4.69) is 10.6 Å². The molecule has 1 atom stereocenters. The molecule has 0 aliphatic heterocycles. The van der Waals surface area contributed by atoms with Gasteiger partial charge in [-0.2, -0.15) is 0 Å². The molecule has 0 saturated heterocycles. The number of ether oxygens (including phenoxy) is 1. The maximum Gasteiger partial charge on any atom is 0.328 e. The number of carbonyl (C=O) groups is 2. The molecule has 5 nitrogen and oxygen atoms in total. The van der Waals surface area contributed by atoms with E-state index >= 15 is 0 Å². The van der Waals surface area contributed by atoms with Gasteiger partial charge in [-0.1, -0.05) is 49.6 Å². The fraction of sp³-hybridized carbons (Fsp3) is 0.529. The first kappa shape index (κ1) is 16.3. The Balaban J connectivity index is 1.91. The molecule has 2 N–H and O–H groups in total. The normalized spacial score (nSPS) is 16.6. The number of methoxy groups -OCH3 is 1. The number of nitrogens with one attached hydrogen (secondary N) is 2. The molecule has 2 rings (SSSR count). The van der Waals surface area contributed by atoms with E-state index in [1.807, 2.05) is 30.3 Å². The summed E-state index contributed by atoms with van der Waals surface area (Å²) < 4.78 is 4.79. The molecule has 120 valence electrons. The van der Waals surface area contributed by atoms with E-state index < -0.39 is 12.0 Å². The monoisotopic (exact) mass is 304 g/mol. The Morgan fingerprint density at radius 3 is 2.50 bits per heavy atom. The highest BCUT2D eigenvalue weighted by atomic mass is 16.5. The number of benzene rings is 1. The maximum atomic E-state index is 12.1. The number of esters is 1. The average Bonchev–Trinajstić information content (AvgIpc) is 2.55. The van der Waals surface area contributed by atoms with E-state index in [1.165, 1.54) is 13.5 Å². The molecule has 1 saturated carbocycles. The minimum absolute atomic E-state index is 0.212. The predicted octanol–water partition coefficient (Wildman–Crippen LogP) is 2.40. The lowest BCUT2D eigenvalue weighted by molar-refractivity contribution is -0.142. The third-order valence-electron chi connectivity index (χ3n) is 4.01. The van der Waals surface area contributed by atoms with Gasteiger partial charge in [0.25, 0.3) is 0 Å². The minimum atomic E-state index is -0.670. The summed E-state index contributed by atoms with van der Waals surface area (Å²) in [4.78, 5) is 24.0. The van der Waals surface area contributed by atoms with Gasteiger partial charge in [0.2, 0.25) is 0 Å². The van der Waals surface area contributed by atoms with E-state index in [0.717, 1.165) is 31.2 Å². The molecule has 5 heteroatoms. The molecule has 1 aliphatic carbocycles. The highest BCUT2D eigenvalue weighted by Gasteiger charge is 2.23. The standard InChI is InChI=1S/C17H24N2O3/c1-22-16(20)15(12-13-8-4-2-5-9-13)19-17(21)18-14-10-6-3-7-11-14/h2,4-5,8-9,14-15H,3,6-7,10-12H2,1H3,(H2,18,19,21). The van der Waals surface area contributed by atoms with Crippen LogP contribution in [0.25, 0.3) is 0 Å². The van der Waals surface area contributed by atoms with Gasteiger partial charge in [0.1, 0.15) is 6.04 Å². The summed E-state index contributed by atoms with van der Waals surface area (Å²) in [6.45, 7) is 0. The molecule has 1 aromatic rings. The Morgan fingerprint density at radius 2 is 1.86 bits per heavy atom. The van der Waals surface area contributed by atoms with E-state index in [4.69, 9.17) is 4.74 Å². The summed E-state index contributed by atoms with van der Waals surface area (Å²) in [6.07, 6.45) is 5.97. The molecule has 0 radical (unpaired) electrons. The summed E-state index contributed by atoms with van der Waals surface area (Å²) in [5, 5.41) is 5.70. The van der Waals surface area contributed by atoms with Crippen LogP contribution in [0.3, 0.4) is 0 Å². The SMILES string of the molecule is COC(=O)C(Cc1ccccc1)NC(=O)NC1CCCCC1. The van der Waals surface area contributed by atoms with E-state index in [0.29, 0.717) is 6.42 Å². The maximum absolute atomic E-state index is 12.1. The Kier molecular flexibility index (Phi) is 6.25. The highest BCUT2D eigenvalue weighted by molar-refractivity contribution is 5.83. The van der Waals surface area contributed by atoms with Crippen molar-refractivity contribution >= 4 is 12.0 Å². The summed E-state index contributed by atoms with van der Waals surface area (Å²) >= 11 is 0. The van der Waals surface area contributed by atoms with Crippen LogP contribution >= 0.6 is 0 Å². The first-order valence-corrected chi connectivity index (χ1v) is 7.88. The van der Waals surface area contributed by atoms with Crippen LogP contribution in [0.15, 0.2) is 30.3 Å². The van der Waals surface area contributed by atoms with Crippen LogP contribution < -0.4 is 10.6 Å². The minimum Gasteiger partial charge on any atom is -0.467 e. The fourth-order valence-corrected chi connectivity index (χ4v) is 2.82. The van der Waals surface area contributed by atoms with Crippen molar-refractivity contribution in [2.75, 3.05) is 7.11 Å². The van der Waals surface area contributed by atoms with Gasteiger partial charge >= 0.3 is 12.0 Å². The van der Waals surface area contributed by atoms with Gasteiger partial charge in [-0.05, 0) is 18.4 Å². The molecule has 1 aliphatic rings. The second-order valence-corrected chi connectivity index (χ2v) is 5.72. The van der Waals surface area contributed by atoms with E-state index in [-0.39, 0.29) is 12.1 Å². The number of hydrogen-bond acceptors (Lipinski definition) is 3. The van der Waals surface area contributed by atoms with Gasteiger partial charge in [-0.25, -0.2) is 9.59 Å². The number of amides is 2. The van der Waals surface area contributed by atoms with Crippen molar-refractivity contribution in [3.05, 3.63) is 35.9 Å². The lowest BCUT2D eigenvalue weighted by atomic mass is 9.96. The molecule has 1 aromatic carbocycles. The predicted molar refractivity (Wildman–Crippen MR) is 84.5 cm³/mol. The average molecular weight is 304 g/mol. The number of hydrogen-bond donors (Lipinski definition) is 2. The highest BCUT2D eigenvalue weighted by Crippen LogP contribution is 2.17. The molecule has 1 unspecified atom stereocenters. The van der Waals surface area contributed by atoms with Gasteiger partial charge in [0.15, 0.2) is 0 Å². The molecule has 0 spiro atoms. The Hall–Kier alpha value is -2.04. The van der Waals surface area contributed by atoms with Crippen LogP contribution in [-0.2, 0) is 16.0 Å². The van der Waals surface area contributed by atoms with E-state index in [9.17, 15) is 9.59 Å². The van der Waals surface area contributed by atoms with Crippen LogP contribution in [-0.4, -0.2) is 31.2 Å². The zero-order valence-electron chi connectivity index (χ0n) is 13.0. The molecule has 1 fully saturated rings. The van der Waals surface area contributed by atoms with Gasteiger partial charge in [-0.15, -0.1) is 0 Å². The third kappa shape index (κ3) is 5.06. The van der Waals surface area contributed by atoms with Gasteiger partial charge in [0.05, 0.1) is 7.11 Å². The molecular weight excluding hydrogens is 280 g/mol. The Bertz CT molecular complexity index is 484. The summed E-state index contributed by atoms with van der Waals surface area (Å²) in [5.74, 6) is -0.428. The second-order valence-electron chi connectivity index (χ2n) is 5.72. The zero-order valence-corrected chi connectivity index (χ0v) is 13.0. The third-order valence-corrected chi connectivity index (χ3v) is 4.01. The molecule has 2 amide bonds. The van der Waals surface area contributed by atoms with Crippen LogP contribution in [0.2, 0.25) is 0 Å². The fourth-order valence-electron chi connectivity index (χ4n) is 2.82. The van der Waals surface area contributed by atoms with Crippen molar-refractivity contribution in [3.63, 3.8) is 0 Å². The van der Waals surface area contributed by atoms with Crippen molar-refractivity contribution in [2.24, 2.45) is 0 Å². The number of carbonyl (C=O) groups excluding carboxylic acids is 2. The van der Waals surface area contributed by atoms with Crippen molar-refractivity contribution in [3.8, 4) is 0 Å². The van der Waals surface area contributed by atoms with Crippen LogP contribution in [0.1, 0.15) is 37.7 Å². The number of rotatable bonds is 5.